The van der Waals surface area contributed by atoms with E-state index in [1.165, 1.54) is 22.3 Å². The lowest BCUT2D eigenvalue weighted by Crippen LogP contribution is -2.20. The van der Waals surface area contributed by atoms with Crippen LogP contribution in [0.1, 0.15) is 32.9 Å². The van der Waals surface area contributed by atoms with Crippen LogP contribution in [0.3, 0.4) is 0 Å². The van der Waals surface area contributed by atoms with Gasteiger partial charge in [0.15, 0.2) is 5.16 Å². The fraction of sp³-hybridized carbons (Fsp3) is 0.571. The fourth-order valence-electron chi connectivity index (χ4n) is 1.70. The van der Waals surface area contributed by atoms with Gasteiger partial charge in [0.1, 0.15) is 5.25 Å². The molecule has 0 amide bonds. The predicted molar refractivity (Wildman–Crippen MR) is 84.1 cm³/mol. The first-order valence-corrected chi connectivity index (χ1v) is 8.08. The summed E-state index contributed by atoms with van der Waals surface area (Å²) < 4.78 is 6.52. The third-order valence-corrected chi connectivity index (χ3v) is 4.22. The van der Waals surface area contributed by atoms with Gasteiger partial charge in [-0.25, -0.2) is 4.98 Å². The molecule has 2 atom stereocenters. The topological polar surface area (TPSA) is 89.3 Å². The molecule has 2 unspecified atom stereocenters. The molecule has 0 aliphatic heterocycles. The monoisotopic (exact) mass is 324 g/mol. The van der Waals surface area contributed by atoms with Crippen molar-refractivity contribution in [1.29, 1.82) is 0 Å². The molecule has 2 aromatic rings. The fourth-order valence-corrected chi connectivity index (χ4v) is 2.48. The molecule has 0 radical (unpaired) electrons. The van der Waals surface area contributed by atoms with Crippen LogP contribution >= 0.6 is 11.8 Å². The molecule has 0 saturated carbocycles. The molecule has 0 saturated heterocycles. The molecule has 0 fully saturated rings. The minimum atomic E-state index is -0.415. The summed E-state index contributed by atoms with van der Waals surface area (Å²) >= 11 is 1.21. The SMILES string of the molecule is CCC(C)COC(=O)C(C)Sc1nc2nc(C)cc(=O)n2[nH]1. The van der Waals surface area contributed by atoms with E-state index in [2.05, 4.69) is 22.0 Å². The average Bonchev–Trinajstić information content (AvgIpc) is 2.86. The van der Waals surface area contributed by atoms with Crippen LogP contribution in [0.4, 0.5) is 0 Å². The van der Waals surface area contributed by atoms with Gasteiger partial charge in [0.05, 0.1) is 6.61 Å². The van der Waals surface area contributed by atoms with Gasteiger partial charge in [-0.15, -0.1) is 0 Å². The maximum Gasteiger partial charge on any atom is 0.319 e. The zero-order chi connectivity index (χ0) is 16.3. The number of rotatable bonds is 6. The second-order valence-corrected chi connectivity index (χ2v) is 6.63. The van der Waals surface area contributed by atoms with Crippen LogP contribution in [0.15, 0.2) is 16.0 Å². The number of hydrogen-bond donors (Lipinski definition) is 1. The molecule has 22 heavy (non-hydrogen) atoms. The number of fused-ring (bicyclic) bond motifs is 1. The van der Waals surface area contributed by atoms with Gasteiger partial charge in [-0.1, -0.05) is 32.0 Å². The lowest BCUT2D eigenvalue weighted by Gasteiger charge is -2.12. The number of aromatic nitrogens is 4. The van der Waals surface area contributed by atoms with E-state index < -0.39 is 5.25 Å². The van der Waals surface area contributed by atoms with Crippen molar-refractivity contribution >= 4 is 23.5 Å². The highest BCUT2D eigenvalue weighted by Gasteiger charge is 2.19. The minimum absolute atomic E-state index is 0.228. The first-order chi connectivity index (χ1) is 10.4. The highest BCUT2D eigenvalue weighted by Crippen LogP contribution is 2.20. The summed E-state index contributed by atoms with van der Waals surface area (Å²) in [6.45, 7) is 7.99. The third kappa shape index (κ3) is 3.88. The van der Waals surface area contributed by atoms with E-state index in [0.29, 0.717) is 29.2 Å². The third-order valence-electron chi connectivity index (χ3n) is 3.27. The Morgan fingerprint density at radius 3 is 2.86 bits per heavy atom. The number of nitrogens with one attached hydrogen (secondary N) is 1. The summed E-state index contributed by atoms with van der Waals surface area (Å²) in [5.74, 6) is 0.355. The molecule has 120 valence electrons. The number of hydrogen-bond acceptors (Lipinski definition) is 6. The van der Waals surface area contributed by atoms with Crippen LogP contribution in [0.5, 0.6) is 0 Å². The Morgan fingerprint density at radius 2 is 2.18 bits per heavy atom. The van der Waals surface area contributed by atoms with E-state index in [0.717, 1.165) is 6.42 Å². The van der Waals surface area contributed by atoms with Gasteiger partial charge in [-0.3, -0.25) is 14.7 Å². The van der Waals surface area contributed by atoms with Crippen LogP contribution < -0.4 is 5.56 Å². The maximum atomic E-state index is 11.9. The number of carbonyl (C=O) groups is 1. The lowest BCUT2D eigenvalue weighted by atomic mass is 10.1. The summed E-state index contributed by atoms with van der Waals surface area (Å²) in [6, 6.07) is 1.42. The molecule has 0 aromatic carbocycles. The molecule has 0 aliphatic rings. The second-order valence-electron chi connectivity index (χ2n) is 5.30. The Balaban J connectivity index is 2.05. The highest BCUT2D eigenvalue weighted by molar-refractivity contribution is 8.00. The summed E-state index contributed by atoms with van der Waals surface area (Å²) in [5.41, 5.74) is 0.378. The Labute approximate surface area is 132 Å². The zero-order valence-corrected chi connectivity index (χ0v) is 13.9. The number of carbonyl (C=O) groups excluding carboxylic acids is 1. The summed E-state index contributed by atoms with van der Waals surface area (Å²) in [5, 5.41) is 2.88. The summed E-state index contributed by atoms with van der Waals surface area (Å²) in [6.07, 6.45) is 0.965. The first kappa shape index (κ1) is 16.5. The lowest BCUT2D eigenvalue weighted by molar-refractivity contribution is -0.143. The molecule has 2 rings (SSSR count). The minimum Gasteiger partial charge on any atom is -0.465 e. The Morgan fingerprint density at radius 1 is 1.45 bits per heavy atom. The van der Waals surface area contributed by atoms with E-state index >= 15 is 0 Å². The van der Waals surface area contributed by atoms with Gasteiger partial charge in [-0.2, -0.15) is 9.50 Å². The zero-order valence-electron chi connectivity index (χ0n) is 13.1. The van der Waals surface area contributed by atoms with Gasteiger partial charge < -0.3 is 4.74 Å². The van der Waals surface area contributed by atoms with Crippen molar-refractivity contribution in [2.24, 2.45) is 5.92 Å². The van der Waals surface area contributed by atoms with Gasteiger partial charge in [-0.05, 0) is 19.8 Å². The van der Waals surface area contributed by atoms with Gasteiger partial charge >= 0.3 is 5.97 Å². The Hall–Kier alpha value is -1.83. The van der Waals surface area contributed by atoms with Crippen molar-refractivity contribution < 1.29 is 9.53 Å². The average molecular weight is 324 g/mol. The molecule has 0 aliphatic carbocycles. The second kappa shape index (κ2) is 6.95. The van der Waals surface area contributed by atoms with E-state index in [1.54, 1.807) is 13.8 Å². The van der Waals surface area contributed by atoms with E-state index in [4.69, 9.17) is 4.74 Å². The van der Waals surface area contributed by atoms with Crippen molar-refractivity contribution in [3.05, 3.63) is 22.1 Å². The number of aryl methyl sites for hydroxylation is 1. The molecule has 2 aromatic heterocycles. The normalized spacial score (nSPS) is 14.0. The van der Waals surface area contributed by atoms with Crippen molar-refractivity contribution in [1.82, 2.24) is 19.6 Å². The molecule has 2 heterocycles. The number of aromatic amines is 1. The van der Waals surface area contributed by atoms with Crippen LogP contribution in [-0.4, -0.2) is 37.4 Å². The highest BCUT2D eigenvalue weighted by atomic mass is 32.2. The van der Waals surface area contributed by atoms with Crippen LogP contribution in [0.2, 0.25) is 0 Å². The number of ether oxygens (including phenoxy) is 1. The number of nitrogens with zero attached hydrogens (tertiary/aromatic N) is 3. The molecule has 8 heteroatoms. The number of esters is 1. The van der Waals surface area contributed by atoms with Crippen molar-refractivity contribution in [2.45, 2.75) is 44.5 Å². The number of H-pyrrole nitrogens is 1. The van der Waals surface area contributed by atoms with Crippen LogP contribution in [-0.2, 0) is 9.53 Å². The summed E-state index contributed by atoms with van der Waals surface area (Å²) in [7, 11) is 0. The van der Waals surface area contributed by atoms with Crippen molar-refractivity contribution in [2.75, 3.05) is 6.61 Å². The maximum absolute atomic E-state index is 11.9. The Bertz CT molecular complexity index is 724. The quantitative estimate of drug-likeness (QED) is 0.644. The molecular weight excluding hydrogens is 304 g/mol. The van der Waals surface area contributed by atoms with E-state index in [-0.39, 0.29) is 11.5 Å². The smallest absolute Gasteiger partial charge is 0.319 e. The molecule has 1 N–H and O–H groups in total. The van der Waals surface area contributed by atoms with Crippen molar-refractivity contribution in [3.63, 3.8) is 0 Å². The summed E-state index contributed by atoms with van der Waals surface area (Å²) in [4.78, 5) is 32.1. The number of thioether (sulfide) groups is 1. The molecule has 0 spiro atoms. The molecule has 7 nitrogen and oxygen atoms in total. The largest absolute Gasteiger partial charge is 0.465 e. The van der Waals surface area contributed by atoms with Gasteiger partial charge in [0.25, 0.3) is 11.3 Å². The van der Waals surface area contributed by atoms with Gasteiger partial charge in [0, 0.05) is 11.8 Å². The predicted octanol–water partition coefficient (Wildman–Crippen LogP) is 1.80. The van der Waals surface area contributed by atoms with Gasteiger partial charge in [0.2, 0.25) is 0 Å². The van der Waals surface area contributed by atoms with Crippen LogP contribution in [0, 0.1) is 12.8 Å². The first-order valence-electron chi connectivity index (χ1n) is 7.20. The van der Waals surface area contributed by atoms with Crippen molar-refractivity contribution in [3.8, 4) is 0 Å². The van der Waals surface area contributed by atoms with E-state index in [9.17, 15) is 9.59 Å². The van der Waals surface area contributed by atoms with Crippen LogP contribution in [0.25, 0.3) is 5.78 Å². The molecule has 0 bridgehead atoms. The standard InChI is InChI=1S/C14H20N4O3S/c1-5-8(2)7-21-12(20)10(4)22-14-16-13-15-9(3)6-11(19)18(13)17-14/h6,8,10H,5,7H2,1-4H3,(H,15,16,17). The Kier molecular flexibility index (Phi) is 5.23. The molecular formula is C14H20N4O3S. The van der Waals surface area contributed by atoms with E-state index in [1.807, 2.05) is 6.92 Å².